The van der Waals surface area contributed by atoms with Gasteiger partial charge in [0.15, 0.2) is 0 Å². The van der Waals surface area contributed by atoms with Gasteiger partial charge in [0, 0.05) is 12.6 Å². The van der Waals surface area contributed by atoms with E-state index in [1.54, 1.807) is 0 Å². The number of amides is 1. The van der Waals surface area contributed by atoms with Gasteiger partial charge in [-0.1, -0.05) is 12.0 Å². The van der Waals surface area contributed by atoms with Crippen molar-refractivity contribution >= 4 is 5.91 Å². The Morgan fingerprint density at radius 3 is 3.00 bits per heavy atom. The average Bonchev–Trinajstić information content (AvgIpc) is 2.12. The molecular weight excluding hydrogens is 176 g/mol. The van der Waals surface area contributed by atoms with Gasteiger partial charge in [0.2, 0.25) is 5.91 Å². The molecule has 1 rings (SSSR count). The molecule has 1 amide bonds. The van der Waals surface area contributed by atoms with Gasteiger partial charge < -0.3 is 5.32 Å². The smallest absolute Gasteiger partial charge is 0.217 e. The zero-order chi connectivity index (χ0) is 10.4. The number of hydrogen-bond donors (Lipinski definition) is 1. The molecular formula is C11H12N2O. The molecule has 3 heteroatoms. The summed E-state index contributed by atoms with van der Waals surface area (Å²) in [5.74, 6) is 5.61. The lowest BCUT2D eigenvalue weighted by Gasteiger charge is -1.93. The van der Waals surface area contributed by atoms with Crippen molar-refractivity contribution in [3.8, 4) is 11.8 Å². The molecule has 0 aliphatic rings. The predicted molar refractivity (Wildman–Crippen MR) is 54.5 cm³/mol. The van der Waals surface area contributed by atoms with Crippen LogP contribution in [0.4, 0.5) is 0 Å². The van der Waals surface area contributed by atoms with E-state index in [0.29, 0.717) is 6.54 Å². The van der Waals surface area contributed by atoms with Gasteiger partial charge in [-0.25, -0.2) is 4.98 Å². The molecule has 1 N–H and O–H groups in total. The van der Waals surface area contributed by atoms with Gasteiger partial charge in [0.25, 0.3) is 0 Å². The normalized spacial score (nSPS) is 8.71. The fourth-order valence-corrected chi connectivity index (χ4v) is 0.916. The van der Waals surface area contributed by atoms with Crippen LogP contribution in [0.1, 0.15) is 18.3 Å². The van der Waals surface area contributed by atoms with Crippen LogP contribution in [0.3, 0.4) is 0 Å². The Morgan fingerprint density at radius 2 is 2.36 bits per heavy atom. The standard InChI is InChI=1S/C11H12N2O/c1-9-5-3-6-11(13-9)7-4-8-12-10(2)14/h3,5-6H,8H2,1-2H3,(H,12,14). The first kappa shape index (κ1) is 10.3. The van der Waals surface area contributed by atoms with Crippen LogP contribution in [-0.2, 0) is 4.79 Å². The SMILES string of the molecule is CC(=O)NCC#Cc1cccc(C)n1. The number of nitrogens with one attached hydrogen (secondary N) is 1. The Balaban J connectivity index is 2.55. The van der Waals surface area contributed by atoms with Crippen molar-refractivity contribution in [3.05, 3.63) is 29.6 Å². The Morgan fingerprint density at radius 1 is 1.57 bits per heavy atom. The summed E-state index contributed by atoms with van der Waals surface area (Å²) in [7, 11) is 0. The lowest BCUT2D eigenvalue weighted by molar-refractivity contribution is -0.118. The zero-order valence-electron chi connectivity index (χ0n) is 8.29. The number of nitrogens with zero attached hydrogens (tertiary/aromatic N) is 1. The largest absolute Gasteiger partial charge is 0.345 e. The molecule has 0 radical (unpaired) electrons. The second kappa shape index (κ2) is 5.03. The maximum absolute atomic E-state index is 10.5. The number of aryl methyl sites for hydroxylation is 1. The third kappa shape index (κ3) is 3.72. The van der Waals surface area contributed by atoms with Gasteiger partial charge in [0.05, 0.1) is 6.54 Å². The first-order valence-electron chi connectivity index (χ1n) is 4.35. The maximum Gasteiger partial charge on any atom is 0.217 e. The van der Waals surface area contributed by atoms with E-state index < -0.39 is 0 Å². The highest BCUT2D eigenvalue weighted by Crippen LogP contribution is 1.94. The first-order valence-corrected chi connectivity index (χ1v) is 4.35. The van der Waals surface area contributed by atoms with E-state index in [9.17, 15) is 4.79 Å². The summed E-state index contributed by atoms with van der Waals surface area (Å²) in [6, 6.07) is 5.66. The van der Waals surface area contributed by atoms with E-state index in [0.717, 1.165) is 11.4 Å². The molecule has 0 aromatic carbocycles. The third-order valence-corrected chi connectivity index (χ3v) is 1.53. The number of aromatic nitrogens is 1. The van der Waals surface area contributed by atoms with E-state index >= 15 is 0 Å². The van der Waals surface area contributed by atoms with Gasteiger partial charge >= 0.3 is 0 Å². The minimum Gasteiger partial charge on any atom is -0.345 e. The summed E-state index contributed by atoms with van der Waals surface area (Å²) in [5, 5.41) is 2.59. The molecule has 0 saturated heterocycles. The molecule has 0 bridgehead atoms. The highest BCUT2D eigenvalue weighted by molar-refractivity contribution is 5.73. The quantitative estimate of drug-likeness (QED) is 0.665. The Bertz CT molecular complexity index is 388. The molecule has 1 aromatic heterocycles. The van der Waals surface area contributed by atoms with E-state index in [-0.39, 0.29) is 5.91 Å². The number of hydrogen-bond acceptors (Lipinski definition) is 2. The summed E-state index contributed by atoms with van der Waals surface area (Å²) < 4.78 is 0. The minimum absolute atomic E-state index is 0.0727. The Hall–Kier alpha value is -1.82. The third-order valence-electron chi connectivity index (χ3n) is 1.53. The Labute approximate surface area is 83.6 Å². The van der Waals surface area contributed by atoms with Crippen molar-refractivity contribution in [1.29, 1.82) is 0 Å². The number of carbonyl (C=O) groups excluding carboxylic acids is 1. The highest BCUT2D eigenvalue weighted by atomic mass is 16.1. The van der Waals surface area contributed by atoms with Crippen molar-refractivity contribution in [2.45, 2.75) is 13.8 Å². The van der Waals surface area contributed by atoms with Crippen LogP contribution in [0, 0.1) is 18.8 Å². The van der Waals surface area contributed by atoms with Crippen molar-refractivity contribution in [2.24, 2.45) is 0 Å². The Kier molecular flexibility index (Phi) is 3.69. The lowest BCUT2D eigenvalue weighted by atomic mass is 10.3. The lowest BCUT2D eigenvalue weighted by Crippen LogP contribution is -2.19. The highest BCUT2D eigenvalue weighted by Gasteiger charge is 1.88. The number of rotatable bonds is 1. The van der Waals surface area contributed by atoms with Gasteiger partial charge in [0.1, 0.15) is 5.69 Å². The van der Waals surface area contributed by atoms with Crippen LogP contribution in [0.5, 0.6) is 0 Å². The fourth-order valence-electron chi connectivity index (χ4n) is 0.916. The monoisotopic (exact) mass is 188 g/mol. The predicted octanol–water partition coefficient (Wildman–Crippen LogP) is 0.878. The summed E-state index contributed by atoms with van der Waals surface area (Å²) in [5.41, 5.74) is 1.67. The van der Waals surface area contributed by atoms with Crippen molar-refractivity contribution in [1.82, 2.24) is 10.3 Å². The number of carbonyl (C=O) groups is 1. The molecule has 72 valence electrons. The summed E-state index contributed by atoms with van der Waals surface area (Å²) in [4.78, 5) is 14.7. The molecule has 0 spiro atoms. The first-order chi connectivity index (χ1) is 6.68. The van der Waals surface area contributed by atoms with Crippen LogP contribution in [-0.4, -0.2) is 17.4 Å². The van der Waals surface area contributed by atoms with Crippen LogP contribution < -0.4 is 5.32 Å². The van der Waals surface area contributed by atoms with E-state index in [1.165, 1.54) is 6.92 Å². The van der Waals surface area contributed by atoms with E-state index in [1.807, 2.05) is 25.1 Å². The number of pyridine rings is 1. The van der Waals surface area contributed by atoms with E-state index in [2.05, 4.69) is 22.1 Å². The molecule has 1 aromatic rings. The van der Waals surface area contributed by atoms with Crippen molar-refractivity contribution < 1.29 is 4.79 Å². The molecule has 14 heavy (non-hydrogen) atoms. The molecule has 3 nitrogen and oxygen atoms in total. The molecule has 1 heterocycles. The van der Waals surface area contributed by atoms with Gasteiger partial charge in [-0.3, -0.25) is 4.79 Å². The molecule has 0 unspecified atom stereocenters. The zero-order valence-corrected chi connectivity index (χ0v) is 8.29. The van der Waals surface area contributed by atoms with Gasteiger partial charge in [-0.15, -0.1) is 0 Å². The van der Waals surface area contributed by atoms with E-state index in [4.69, 9.17) is 0 Å². The molecule has 0 saturated carbocycles. The van der Waals surface area contributed by atoms with Crippen LogP contribution in [0.15, 0.2) is 18.2 Å². The topological polar surface area (TPSA) is 42.0 Å². The van der Waals surface area contributed by atoms with Crippen molar-refractivity contribution in [2.75, 3.05) is 6.54 Å². The maximum atomic E-state index is 10.5. The van der Waals surface area contributed by atoms with Crippen LogP contribution in [0.2, 0.25) is 0 Å². The summed E-state index contributed by atoms with van der Waals surface area (Å²) in [6.45, 7) is 3.75. The van der Waals surface area contributed by atoms with Crippen LogP contribution >= 0.6 is 0 Å². The van der Waals surface area contributed by atoms with Gasteiger partial charge in [-0.2, -0.15) is 0 Å². The second-order valence-corrected chi connectivity index (χ2v) is 2.88. The summed E-state index contributed by atoms with van der Waals surface area (Å²) >= 11 is 0. The fraction of sp³-hybridized carbons (Fsp3) is 0.273. The molecule has 0 atom stereocenters. The van der Waals surface area contributed by atoms with Gasteiger partial charge in [-0.05, 0) is 25.0 Å². The summed E-state index contributed by atoms with van der Waals surface area (Å²) in [6.07, 6.45) is 0. The average molecular weight is 188 g/mol. The van der Waals surface area contributed by atoms with Crippen molar-refractivity contribution in [3.63, 3.8) is 0 Å². The van der Waals surface area contributed by atoms with Crippen LogP contribution in [0.25, 0.3) is 0 Å². The molecule has 0 aliphatic heterocycles. The molecule has 0 fully saturated rings. The minimum atomic E-state index is -0.0727. The molecule has 0 aliphatic carbocycles. The second-order valence-electron chi connectivity index (χ2n) is 2.88.